The van der Waals surface area contributed by atoms with Gasteiger partial charge in [0.05, 0.1) is 18.9 Å². The molecule has 2 aliphatic heterocycles. The molecule has 6 heteroatoms. The van der Waals surface area contributed by atoms with Gasteiger partial charge in [-0.2, -0.15) is 0 Å². The SMILES string of the molecule is CCN1C(=O)[C@H]2[C@@H](C1=O)[C@](C)(C(=O)OC)N[C@H]2c1ccccc1C. The molecular formula is C18H22N2O4. The third kappa shape index (κ3) is 2.09. The van der Waals surface area contributed by atoms with Gasteiger partial charge in [0, 0.05) is 12.6 Å². The number of imide groups is 1. The van der Waals surface area contributed by atoms with Crippen molar-refractivity contribution in [3.8, 4) is 0 Å². The quantitative estimate of drug-likeness (QED) is 0.665. The van der Waals surface area contributed by atoms with Gasteiger partial charge in [0.25, 0.3) is 0 Å². The Balaban J connectivity index is 2.13. The molecule has 0 bridgehead atoms. The number of ether oxygens (including phenoxy) is 1. The predicted molar refractivity (Wildman–Crippen MR) is 86.9 cm³/mol. The topological polar surface area (TPSA) is 75.7 Å². The van der Waals surface area contributed by atoms with Gasteiger partial charge in [-0.15, -0.1) is 0 Å². The minimum Gasteiger partial charge on any atom is -0.468 e. The first-order valence-electron chi connectivity index (χ1n) is 8.13. The van der Waals surface area contributed by atoms with Crippen molar-refractivity contribution in [2.45, 2.75) is 32.4 Å². The zero-order chi connectivity index (χ0) is 17.6. The van der Waals surface area contributed by atoms with Gasteiger partial charge in [-0.05, 0) is 31.9 Å². The van der Waals surface area contributed by atoms with Crippen LogP contribution in [-0.4, -0.2) is 41.9 Å². The van der Waals surface area contributed by atoms with Crippen LogP contribution in [0.1, 0.15) is 31.0 Å². The zero-order valence-corrected chi connectivity index (χ0v) is 14.3. The molecule has 0 aromatic heterocycles. The normalized spacial score (nSPS) is 32.2. The van der Waals surface area contributed by atoms with Gasteiger partial charge >= 0.3 is 5.97 Å². The highest BCUT2D eigenvalue weighted by atomic mass is 16.5. The number of carbonyl (C=O) groups excluding carboxylic acids is 3. The molecule has 128 valence electrons. The van der Waals surface area contributed by atoms with E-state index < -0.39 is 29.4 Å². The second-order valence-electron chi connectivity index (χ2n) is 6.60. The number of esters is 1. The summed E-state index contributed by atoms with van der Waals surface area (Å²) in [6, 6.07) is 7.31. The zero-order valence-electron chi connectivity index (χ0n) is 14.3. The summed E-state index contributed by atoms with van der Waals surface area (Å²) in [5.41, 5.74) is 0.723. The molecular weight excluding hydrogens is 308 g/mol. The molecule has 0 radical (unpaired) electrons. The van der Waals surface area contributed by atoms with E-state index in [1.807, 2.05) is 31.2 Å². The Kier molecular flexibility index (Phi) is 3.95. The van der Waals surface area contributed by atoms with Crippen LogP contribution < -0.4 is 5.32 Å². The van der Waals surface area contributed by atoms with Gasteiger partial charge in [-0.3, -0.25) is 24.6 Å². The molecule has 3 rings (SSSR count). The smallest absolute Gasteiger partial charge is 0.326 e. The average Bonchev–Trinajstić information content (AvgIpc) is 3.02. The van der Waals surface area contributed by atoms with Crippen molar-refractivity contribution in [1.29, 1.82) is 0 Å². The minimum atomic E-state index is -1.22. The summed E-state index contributed by atoms with van der Waals surface area (Å²) in [4.78, 5) is 39.3. The van der Waals surface area contributed by atoms with Crippen molar-refractivity contribution in [3.63, 3.8) is 0 Å². The van der Waals surface area contributed by atoms with E-state index in [0.29, 0.717) is 6.54 Å². The van der Waals surface area contributed by atoms with E-state index in [1.54, 1.807) is 13.8 Å². The van der Waals surface area contributed by atoms with E-state index >= 15 is 0 Å². The Labute approximate surface area is 141 Å². The van der Waals surface area contributed by atoms with Crippen LogP contribution in [0, 0.1) is 18.8 Å². The minimum absolute atomic E-state index is 0.221. The molecule has 2 aliphatic rings. The Hall–Kier alpha value is -2.21. The van der Waals surface area contributed by atoms with E-state index in [9.17, 15) is 14.4 Å². The first-order valence-corrected chi connectivity index (χ1v) is 8.13. The number of rotatable bonds is 3. The summed E-state index contributed by atoms with van der Waals surface area (Å²) < 4.78 is 4.93. The number of aryl methyl sites for hydroxylation is 1. The van der Waals surface area contributed by atoms with Crippen LogP contribution in [0.15, 0.2) is 24.3 Å². The Morgan fingerprint density at radius 3 is 2.54 bits per heavy atom. The lowest BCUT2D eigenvalue weighted by Crippen LogP contribution is -2.53. The summed E-state index contributed by atoms with van der Waals surface area (Å²) >= 11 is 0. The van der Waals surface area contributed by atoms with Gasteiger partial charge < -0.3 is 4.74 Å². The molecule has 0 aliphatic carbocycles. The maximum Gasteiger partial charge on any atom is 0.326 e. The van der Waals surface area contributed by atoms with Crippen molar-refractivity contribution in [3.05, 3.63) is 35.4 Å². The average molecular weight is 330 g/mol. The van der Waals surface area contributed by atoms with E-state index in [-0.39, 0.29) is 11.8 Å². The van der Waals surface area contributed by atoms with Crippen molar-refractivity contribution in [2.24, 2.45) is 11.8 Å². The number of likely N-dealkylation sites (tertiary alicyclic amines) is 1. The fraction of sp³-hybridized carbons (Fsp3) is 0.500. The van der Waals surface area contributed by atoms with Crippen LogP contribution in [0.2, 0.25) is 0 Å². The lowest BCUT2D eigenvalue weighted by molar-refractivity contribution is -0.153. The van der Waals surface area contributed by atoms with E-state index in [0.717, 1.165) is 11.1 Å². The number of nitrogens with one attached hydrogen (secondary N) is 1. The van der Waals surface area contributed by atoms with Crippen LogP contribution >= 0.6 is 0 Å². The first kappa shape index (κ1) is 16.6. The lowest BCUT2D eigenvalue weighted by Gasteiger charge is -2.28. The first-order chi connectivity index (χ1) is 11.4. The number of carbonyl (C=O) groups is 3. The highest BCUT2D eigenvalue weighted by Gasteiger charge is 2.66. The fourth-order valence-electron chi connectivity index (χ4n) is 4.11. The third-order valence-corrected chi connectivity index (χ3v) is 5.33. The molecule has 2 heterocycles. The molecule has 0 saturated carbocycles. The van der Waals surface area contributed by atoms with Crippen molar-refractivity contribution in [1.82, 2.24) is 10.2 Å². The van der Waals surface area contributed by atoms with Gasteiger partial charge in [0.1, 0.15) is 5.54 Å². The molecule has 1 aromatic rings. The lowest BCUT2D eigenvalue weighted by atomic mass is 9.80. The Bertz CT molecular complexity index is 717. The second kappa shape index (κ2) is 5.70. The summed E-state index contributed by atoms with van der Waals surface area (Å²) in [5, 5.41) is 3.24. The van der Waals surface area contributed by atoms with Crippen LogP contribution in [0.3, 0.4) is 0 Å². The molecule has 2 saturated heterocycles. The van der Waals surface area contributed by atoms with Gasteiger partial charge in [0.2, 0.25) is 11.8 Å². The van der Waals surface area contributed by atoms with Crippen LogP contribution in [0.25, 0.3) is 0 Å². The largest absolute Gasteiger partial charge is 0.468 e. The van der Waals surface area contributed by atoms with Crippen LogP contribution in [-0.2, 0) is 19.1 Å². The van der Waals surface area contributed by atoms with Gasteiger partial charge in [-0.25, -0.2) is 0 Å². The molecule has 0 unspecified atom stereocenters. The molecule has 2 fully saturated rings. The second-order valence-corrected chi connectivity index (χ2v) is 6.60. The number of amides is 2. The maximum absolute atomic E-state index is 12.8. The molecule has 6 nitrogen and oxygen atoms in total. The summed E-state index contributed by atoms with van der Waals surface area (Å²) in [7, 11) is 1.30. The Morgan fingerprint density at radius 2 is 1.96 bits per heavy atom. The summed E-state index contributed by atoms with van der Waals surface area (Å²) in [6.07, 6.45) is 0. The molecule has 0 spiro atoms. The molecule has 1 aromatic carbocycles. The van der Waals surface area contributed by atoms with Crippen LogP contribution in [0.4, 0.5) is 0 Å². The number of hydrogen-bond donors (Lipinski definition) is 1. The standard InChI is InChI=1S/C18H22N2O4/c1-5-20-15(21)12-13(16(20)22)18(3,17(23)24-4)19-14(12)11-9-7-6-8-10(11)2/h6-9,12-14,19H,5H2,1-4H3/t12-,13-,14-,18+/m0/s1. The van der Waals surface area contributed by atoms with E-state index in [4.69, 9.17) is 4.74 Å². The molecule has 24 heavy (non-hydrogen) atoms. The third-order valence-electron chi connectivity index (χ3n) is 5.33. The van der Waals surface area contributed by atoms with E-state index in [1.165, 1.54) is 12.0 Å². The van der Waals surface area contributed by atoms with Crippen molar-refractivity contribution >= 4 is 17.8 Å². The van der Waals surface area contributed by atoms with Crippen LogP contribution in [0.5, 0.6) is 0 Å². The van der Waals surface area contributed by atoms with Gasteiger partial charge in [0.15, 0.2) is 0 Å². The predicted octanol–water partition coefficient (Wildman–Crippen LogP) is 1.19. The molecule has 2 amide bonds. The van der Waals surface area contributed by atoms with Crippen molar-refractivity contribution < 1.29 is 19.1 Å². The van der Waals surface area contributed by atoms with E-state index in [2.05, 4.69) is 5.32 Å². The monoisotopic (exact) mass is 330 g/mol. The highest BCUT2D eigenvalue weighted by molar-refractivity contribution is 6.09. The highest BCUT2D eigenvalue weighted by Crippen LogP contribution is 2.49. The summed E-state index contributed by atoms with van der Waals surface area (Å²) in [6.45, 7) is 5.68. The van der Waals surface area contributed by atoms with Gasteiger partial charge in [-0.1, -0.05) is 24.3 Å². The number of nitrogens with zero attached hydrogens (tertiary/aromatic N) is 1. The fourth-order valence-corrected chi connectivity index (χ4v) is 4.11. The summed E-state index contributed by atoms with van der Waals surface area (Å²) in [5.74, 6) is -2.39. The number of benzene rings is 1. The number of hydrogen-bond acceptors (Lipinski definition) is 5. The number of fused-ring (bicyclic) bond motifs is 1. The van der Waals surface area contributed by atoms with Crippen molar-refractivity contribution in [2.75, 3.05) is 13.7 Å². The number of methoxy groups -OCH3 is 1. The Morgan fingerprint density at radius 1 is 1.29 bits per heavy atom. The molecule has 1 N–H and O–H groups in total. The maximum atomic E-state index is 12.8. The molecule has 4 atom stereocenters.